The Morgan fingerprint density at radius 2 is 1.50 bits per heavy atom. The maximum atomic E-state index is 14.0. The monoisotopic (exact) mass is 785 g/mol. The van der Waals surface area contributed by atoms with E-state index in [1.54, 1.807) is 0 Å². The number of benzene rings is 3. The number of aliphatic hydroxyl groups is 1. The van der Waals surface area contributed by atoms with Gasteiger partial charge in [-0.3, -0.25) is 15.0 Å². The topological polar surface area (TPSA) is 149 Å². The van der Waals surface area contributed by atoms with Gasteiger partial charge in [0.1, 0.15) is 17.2 Å². The number of aliphatic hydroxyl groups excluding tert-OH is 1. The Labute approximate surface area is 339 Å². The molecule has 4 heterocycles. The van der Waals surface area contributed by atoms with Gasteiger partial charge in [0, 0.05) is 25.3 Å². The van der Waals surface area contributed by atoms with Crippen LogP contribution in [-0.2, 0) is 14.3 Å². The Morgan fingerprint density at radius 1 is 0.879 bits per heavy atom. The molecule has 2 saturated carbocycles. The van der Waals surface area contributed by atoms with Gasteiger partial charge in [0.15, 0.2) is 0 Å². The van der Waals surface area contributed by atoms with Crippen molar-refractivity contribution in [3.63, 3.8) is 0 Å². The van der Waals surface area contributed by atoms with E-state index in [0.717, 1.165) is 101 Å². The highest BCUT2D eigenvalue weighted by Crippen LogP contribution is 2.58. The number of rotatable bonds is 10. The van der Waals surface area contributed by atoms with E-state index in [1.165, 1.54) is 7.11 Å². The number of H-pyrrole nitrogens is 2. The van der Waals surface area contributed by atoms with Gasteiger partial charge in [-0.1, -0.05) is 62.4 Å². The molecule has 4 fully saturated rings. The van der Waals surface area contributed by atoms with E-state index in [1.807, 2.05) is 56.8 Å². The number of nitrogens with zero attached hydrogens (tertiary/aromatic N) is 4. The highest BCUT2D eigenvalue weighted by molar-refractivity contribution is 5.90. The summed E-state index contributed by atoms with van der Waals surface area (Å²) < 4.78 is 10.8. The van der Waals surface area contributed by atoms with Gasteiger partial charge in [-0.2, -0.15) is 0 Å². The van der Waals surface area contributed by atoms with Crippen molar-refractivity contribution in [2.45, 2.75) is 109 Å². The van der Waals surface area contributed by atoms with E-state index < -0.39 is 18.1 Å². The molecule has 1 spiro atoms. The molecule has 6 atom stereocenters. The molecule has 2 bridgehead atoms. The second-order valence-corrected chi connectivity index (χ2v) is 18.4. The average Bonchev–Trinajstić information content (AvgIpc) is 3.83. The van der Waals surface area contributed by atoms with E-state index >= 15 is 0 Å². The minimum atomic E-state index is -1.21. The summed E-state index contributed by atoms with van der Waals surface area (Å²) in [4.78, 5) is 47.8. The molecule has 1 unspecified atom stereocenters. The Morgan fingerprint density at radius 3 is 2.17 bits per heavy atom. The molecule has 2 aliphatic carbocycles. The van der Waals surface area contributed by atoms with Crippen molar-refractivity contribution in [2.75, 3.05) is 13.7 Å². The molecule has 304 valence electrons. The Balaban J connectivity index is 0.896. The molecule has 4 N–H and O–H groups in total. The SMILES string of the molecule is COC(O)N[C@H](C(=O)N1[C@@H]2CC[C@@H](C2)[C@H]1c1ncc(-c2ccc3cc(-c4ccc(-c5cnc([C@@H]6CC7(CC7)CN6C(=O)OC(C)(C)C)[nH]5)cc4)ccc3c2)[nH]1)C(C)C. The number of methoxy groups -OCH3 is 1. The number of aromatic amines is 2. The van der Waals surface area contributed by atoms with Crippen molar-refractivity contribution >= 4 is 22.8 Å². The van der Waals surface area contributed by atoms with Crippen LogP contribution in [0.1, 0.15) is 96.9 Å². The van der Waals surface area contributed by atoms with Crippen LogP contribution in [0.4, 0.5) is 4.79 Å². The molecule has 2 aliphatic heterocycles. The molecule has 4 aliphatic rings. The number of fused-ring (bicyclic) bond motifs is 3. The number of aromatic nitrogens is 4. The van der Waals surface area contributed by atoms with E-state index in [-0.39, 0.29) is 41.5 Å². The first-order chi connectivity index (χ1) is 27.8. The zero-order chi connectivity index (χ0) is 40.5. The Bertz CT molecular complexity index is 2320. The molecule has 2 amide bonds. The second kappa shape index (κ2) is 14.7. The van der Waals surface area contributed by atoms with Crippen molar-refractivity contribution in [1.82, 2.24) is 35.1 Å². The summed E-state index contributed by atoms with van der Waals surface area (Å²) in [5, 5.41) is 15.4. The smallest absolute Gasteiger partial charge is 0.410 e. The third-order valence-corrected chi connectivity index (χ3v) is 12.9. The Hall–Kier alpha value is -5.04. The number of hydrogen-bond acceptors (Lipinski definition) is 8. The summed E-state index contributed by atoms with van der Waals surface area (Å²) in [6.45, 7) is 10.4. The zero-order valence-electron chi connectivity index (χ0n) is 34.3. The number of piperidine rings is 1. The van der Waals surface area contributed by atoms with Crippen molar-refractivity contribution < 1.29 is 24.2 Å². The molecule has 3 aromatic carbocycles. The summed E-state index contributed by atoms with van der Waals surface area (Å²) in [7, 11) is 1.41. The predicted molar refractivity (Wildman–Crippen MR) is 222 cm³/mol. The number of nitrogens with one attached hydrogen (secondary N) is 3. The molecule has 12 nitrogen and oxygen atoms in total. The third-order valence-electron chi connectivity index (χ3n) is 12.9. The fourth-order valence-corrected chi connectivity index (χ4v) is 9.66. The zero-order valence-corrected chi connectivity index (χ0v) is 34.3. The van der Waals surface area contributed by atoms with E-state index in [9.17, 15) is 14.7 Å². The van der Waals surface area contributed by atoms with E-state index in [4.69, 9.17) is 19.4 Å². The normalized spacial score (nSPS) is 23.3. The van der Waals surface area contributed by atoms with Gasteiger partial charge in [0.05, 0.1) is 41.9 Å². The lowest BCUT2D eigenvalue weighted by Crippen LogP contribution is -2.55. The lowest BCUT2D eigenvalue weighted by atomic mass is 9.95. The number of hydrogen-bond donors (Lipinski definition) is 4. The number of ether oxygens (including phenoxy) is 2. The quantitative estimate of drug-likeness (QED) is 0.103. The van der Waals surface area contributed by atoms with E-state index in [0.29, 0.717) is 5.92 Å². The molecular formula is C46H55N7O5. The number of carbonyl (C=O) groups is 2. The molecule has 2 saturated heterocycles. The highest BCUT2D eigenvalue weighted by Gasteiger charge is 2.55. The van der Waals surface area contributed by atoms with Crippen LogP contribution in [-0.4, -0.2) is 84.6 Å². The maximum Gasteiger partial charge on any atom is 0.410 e. The first kappa shape index (κ1) is 38.5. The van der Waals surface area contributed by atoms with Crippen LogP contribution in [0.15, 0.2) is 73.1 Å². The average molecular weight is 786 g/mol. The lowest BCUT2D eigenvalue weighted by molar-refractivity contribution is -0.148. The van der Waals surface area contributed by atoms with Gasteiger partial charge in [-0.15, -0.1) is 0 Å². The summed E-state index contributed by atoms with van der Waals surface area (Å²) in [6, 6.07) is 20.8. The van der Waals surface area contributed by atoms with Gasteiger partial charge in [-0.05, 0) is 116 Å². The molecule has 9 rings (SSSR count). The number of likely N-dealkylation sites (tertiary alicyclic amines) is 2. The summed E-state index contributed by atoms with van der Waals surface area (Å²) in [5.41, 5.74) is 5.81. The van der Waals surface area contributed by atoms with Crippen LogP contribution in [0.3, 0.4) is 0 Å². The van der Waals surface area contributed by atoms with Crippen LogP contribution in [0.2, 0.25) is 0 Å². The standard InChI is InChI=1S/C46H55N7O5/c1-26(2)38(51-43(55)57-6)42(54)53-34-16-15-33(21-34)39(53)41-48-24-36(50-41)32-14-13-30-19-29(11-12-31(30)20-32)27-7-9-28(10-8-27)35-23-47-40(49-35)37-22-46(17-18-46)25-52(37)44(56)58-45(3,4)5/h7-14,19-20,23-24,26,33-34,37-39,43,51,55H,15-18,21-22,25H2,1-6H3,(H,47,49)(H,48,50)/t33-,34+,37-,38-,39-,43?/m0/s1. The van der Waals surface area contributed by atoms with Crippen LogP contribution in [0, 0.1) is 17.3 Å². The summed E-state index contributed by atoms with van der Waals surface area (Å²) in [6.07, 6.45) is 8.48. The maximum absolute atomic E-state index is 14.0. The van der Waals surface area contributed by atoms with Crippen LogP contribution < -0.4 is 5.32 Å². The van der Waals surface area contributed by atoms with E-state index in [2.05, 4.69) is 75.9 Å². The Kier molecular flexibility index (Phi) is 9.72. The van der Waals surface area contributed by atoms with Crippen LogP contribution >= 0.6 is 0 Å². The molecule has 0 radical (unpaired) electrons. The van der Waals surface area contributed by atoms with Crippen molar-refractivity contribution in [1.29, 1.82) is 0 Å². The van der Waals surface area contributed by atoms with Crippen molar-refractivity contribution in [3.05, 3.63) is 84.7 Å². The van der Waals surface area contributed by atoms with Crippen molar-refractivity contribution in [3.8, 4) is 33.6 Å². The van der Waals surface area contributed by atoms with Gasteiger partial charge in [0.2, 0.25) is 12.3 Å². The largest absolute Gasteiger partial charge is 0.444 e. The third kappa shape index (κ3) is 7.30. The minimum Gasteiger partial charge on any atom is -0.444 e. The summed E-state index contributed by atoms with van der Waals surface area (Å²) in [5.74, 6) is 1.91. The van der Waals surface area contributed by atoms with Crippen molar-refractivity contribution in [2.24, 2.45) is 17.3 Å². The molecular weight excluding hydrogens is 731 g/mol. The lowest BCUT2D eigenvalue weighted by Gasteiger charge is -2.38. The van der Waals surface area contributed by atoms with Crippen LogP contribution in [0.5, 0.6) is 0 Å². The number of imidazole rings is 2. The molecule has 5 aromatic rings. The van der Waals surface area contributed by atoms with Gasteiger partial charge in [0.25, 0.3) is 0 Å². The number of amides is 2. The second-order valence-electron chi connectivity index (χ2n) is 18.4. The number of carbonyl (C=O) groups excluding carboxylic acids is 2. The molecule has 58 heavy (non-hydrogen) atoms. The van der Waals surface area contributed by atoms with Gasteiger partial charge >= 0.3 is 6.09 Å². The molecule has 2 aromatic heterocycles. The molecule has 12 heteroatoms. The van der Waals surface area contributed by atoms with Gasteiger partial charge in [-0.25, -0.2) is 14.8 Å². The first-order valence-electron chi connectivity index (χ1n) is 20.8. The summed E-state index contributed by atoms with van der Waals surface area (Å²) >= 11 is 0. The minimum absolute atomic E-state index is 0.0217. The predicted octanol–water partition coefficient (Wildman–Crippen LogP) is 8.34. The highest BCUT2D eigenvalue weighted by atomic mass is 16.6. The first-order valence-corrected chi connectivity index (χ1v) is 20.8. The fraction of sp³-hybridized carbons (Fsp3) is 0.478. The fourth-order valence-electron chi connectivity index (χ4n) is 9.66. The van der Waals surface area contributed by atoms with Crippen LogP contribution in [0.25, 0.3) is 44.4 Å². The van der Waals surface area contributed by atoms with Gasteiger partial charge < -0.3 is 29.4 Å².